The molecule has 0 atom stereocenters. The van der Waals surface area contributed by atoms with Crippen LogP contribution in [0.15, 0.2) is 0 Å². The Balaban J connectivity index is 2.00. The molecule has 0 heterocycles. The Kier molecular flexibility index (Phi) is 4.98. The molecule has 2 fully saturated rings. The van der Waals surface area contributed by atoms with Crippen molar-refractivity contribution >= 4 is 0 Å². The van der Waals surface area contributed by atoms with Crippen molar-refractivity contribution in [2.24, 2.45) is 22.7 Å². The van der Waals surface area contributed by atoms with Crippen LogP contribution in [-0.2, 0) is 0 Å². The molecule has 112 valence electrons. The molecule has 2 rings (SSSR count). The van der Waals surface area contributed by atoms with Crippen LogP contribution in [0.4, 0.5) is 0 Å². The third-order valence-electron chi connectivity index (χ3n) is 6.15. The fraction of sp³-hybridized carbons (Fsp3) is 1.00. The maximum atomic E-state index is 3.69. The van der Waals surface area contributed by atoms with Crippen LogP contribution >= 0.6 is 0 Å². The van der Waals surface area contributed by atoms with Gasteiger partial charge in [-0.15, -0.1) is 0 Å². The van der Waals surface area contributed by atoms with Crippen LogP contribution in [0.2, 0.25) is 0 Å². The average Bonchev–Trinajstić information content (AvgIpc) is 2.90. The van der Waals surface area contributed by atoms with E-state index < -0.39 is 0 Å². The van der Waals surface area contributed by atoms with Crippen LogP contribution in [0, 0.1) is 22.7 Å². The second-order valence-corrected chi connectivity index (χ2v) is 8.26. The number of hydrogen-bond donors (Lipinski definition) is 1. The normalized spacial score (nSPS) is 33.8. The molecule has 0 unspecified atom stereocenters. The second-order valence-electron chi connectivity index (χ2n) is 8.26. The summed E-state index contributed by atoms with van der Waals surface area (Å²) in [6, 6.07) is 0. The van der Waals surface area contributed by atoms with Gasteiger partial charge in [-0.3, -0.25) is 0 Å². The van der Waals surface area contributed by atoms with E-state index in [1.54, 1.807) is 0 Å². The molecule has 2 saturated carbocycles. The molecule has 1 heteroatoms. The number of nitrogens with one attached hydrogen (secondary N) is 1. The monoisotopic (exact) mass is 265 g/mol. The Morgan fingerprint density at radius 3 is 2.05 bits per heavy atom. The summed E-state index contributed by atoms with van der Waals surface area (Å²) in [5.41, 5.74) is 1.16. The molecule has 19 heavy (non-hydrogen) atoms. The highest BCUT2D eigenvalue weighted by Crippen LogP contribution is 2.52. The van der Waals surface area contributed by atoms with E-state index in [0.29, 0.717) is 10.8 Å². The lowest BCUT2D eigenvalue weighted by Crippen LogP contribution is -2.44. The van der Waals surface area contributed by atoms with E-state index in [9.17, 15) is 0 Å². The van der Waals surface area contributed by atoms with Crippen molar-refractivity contribution in [2.75, 3.05) is 13.1 Å². The molecule has 1 nitrogen and oxygen atoms in total. The average molecular weight is 265 g/mol. The first kappa shape index (κ1) is 15.4. The Labute approximate surface area is 120 Å². The van der Waals surface area contributed by atoms with E-state index in [1.807, 2.05) is 0 Å². The van der Waals surface area contributed by atoms with Crippen LogP contribution < -0.4 is 5.32 Å². The molecule has 0 amide bonds. The van der Waals surface area contributed by atoms with Crippen molar-refractivity contribution in [3.05, 3.63) is 0 Å². The third kappa shape index (κ3) is 3.54. The standard InChI is InChI=1S/C18H35N/c1-5-19-14-18(16-8-6-7-9-16)12-10-15(11-13-18)17(2,3)4/h15-16,19H,5-14H2,1-4H3. The Bertz CT molecular complexity index is 262. The lowest BCUT2D eigenvalue weighted by Gasteiger charge is -2.47. The fourth-order valence-electron chi connectivity index (χ4n) is 4.70. The summed E-state index contributed by atoms with van der Waals surface area (Å²) in [5.74, 6) is 1.97. The third-order valence-corrected chi connectivity index (χ3v) is 6.15. The Morgan fingerprint density at radius 1 is 1.00 bits per heavy atom. The van der Waals surface area contributed by atoms with Crippen molar-refractivity contribution in [2.45, 2.75) is 79.1 Å². The van der Waals surface area contributed by atoms with Crippen molar-refractivity contribution < 1.29 is 0 Å². The predicted octanol–water partition coefficient (Wildman–Crippen LogP) is 5.01. The summed E-state index contributed by atoms with van der Waals surface area (Å²) in [7, 11) is 0. The molecule has 0 aliphatic heterocycles. The van der Waals surface area contributed by atoms with Crippen molar-refractivity contribution in [1.82, 2.24) is 5.32 Å². The van der Waals surface area contributed by atoms with Gasteiger partial charge in [0.25, 0.3) is 0 Å². The van der Waals surface area contributed by atoms with Crippen LogP contribution in [-0.4, -0.2) is 13.1 Å². The Morgan fingerprint density at radius 2 is 1.58 bits per heavy atom. The molecule has 0 aromatic rings. The van der Waals surface area contributed by atoms with Gasteiger partial charge in [0.15, 0.2) is 0 Å². The SMILES string of the molecule is CCNCC1(C2CCCC2)CCC(C(C)(C)C)CC1. The zero-order valence-corrected chi connectivity index (χ0v) is 13.7. The van der Waals surface area contributed by atoms with E-state index in [2.05, 4.69) is 33.0 Å². The maximum absolute atomic E-state index is 3.69. The zero-order valence-electron chi connectivity index (χ0n) is 13.7. The smallest absolute Gasteiger partial charge is 0.00104 e. The summed E-state index contributed by atoms with van der Waals surface area (Å²) in [6.07, 6.45) is 11.9. The highest BCUT2D eigenvalue weighted by molar-refractivity contribution is 4.95. The fourth-order valence-corrected chi connectivity index (χ4v) is 4.70. The first-order chi connectivity index (χ1) is 8.98. The van der Waals surface area contributed by atoms with Gasteiger partial charge < -0.3 is 5.32 Å². The predicted molar refractivity (Wildman–Crippen MR) is 84.3 cm³/mol. The number of hydrogen-bond acceptors (Lipinski definition) is 1. The summed E-state index contributed by atoms with van der Waals surface area (Å²) >= 11 is 0. The maximum Gasteiger partial charge on any atom is 0.00104 e. The molecular formula is C18H35N. The minimum atomic E-state index is 0.514. The van der Waals surface area contributed by atoms with E-state index >= 15 is 0 Å². The summed E-state index contributed by atoms with van der Waals surface area (Å²) < 4.78 is 0. The first-order valence-corrected chi connectivity index (χ1v) is 8.69. The Hall–Kier alpha value is -0.0400. The van der Waals surface area contributed by atoms with Gasteiger partial charge in [-0.2, -0.15) is 0 Å². The van der Waals surface area contributed by atoms with Gasteiger partial charge >= 0.3 is 0 Å². The second kappa shape index (κ2) is 6.16. The minimum Gasteiger partial charge on any atom is -0.316 e. The summed E-state index contributed by atoms with van der Waals surface area (Å²) in [5, 5.41) is 3.69. The van der Waals surface area contributed by atoms with Crippen molar-refractivity contribution in [1.29, 1.82) is 0 Å². The highest BCUT2D eigenvalue weighted by atomic mass is 14.9. The zero-order chi connectivity index (χ0) is 13.9. The first-order valence-electron chi connectivity index (χ1n) is 8.69. The van der Waals surface area contributed by atoms with Gasteiger partial charge in [0.05, 0.1) is 0 Å². The van der Waals surface area contributed by atoms with Gasteiger partial charge in [-0.1, -0.05) is 40.5 Å². The van der Waals surface area contributed by atoms with Gasteiger partial charge in [0.2, 0.25) is 0 Å². The van der Waals surface area contributed by atoms with Gasteiger partial charge in [-0.25, -0.2) is 0 Å². The number of rotatable bonds is 4. The van der Waals surface area contributed by atoms with Crippen LogP contribution in [0.1, 0.15) is 79.1 Å². The highest BCUT2D eigenvalue weighted by Gasteiger charge is 2.43. The largest absolute Gasteiger partial charge is 0.316 e. The van der Waals surface area contributed by atoms with E-state index in [0.717, 1.165) is 18.4 Å². The van der Waals surface area contributed by atoms with Crippen LogP contribution in [0.25, 0.3) is 0 Å². The van der Waals surface area contributed by atoms with Gasteiger partial charge in [0, 0.05) is 6.54 Å². The summed E-state index contributed by atoms with van der Waals surface area (Å²) in [4.78, 5) is 0. The molecule has 0 aromatic heterocycles. The molecule has 2 aliphatic carbocycles. The quantitative estimate of drug-likeness (QED) is 0.753. The van der Waals surface area contributed by atoms with Gasteiger partial charge in [-0.05, 0) is 67.7 Å². The molecule has 2 aliphatic rings. The van der Waals surface area contributed by atoms with E-state index in [-0.39, 0.29) is 0 Å². The lowest BCUT2D eigenvalue weighted by molar-refractivity contribution is 0.0409. The molecule has 0 bridgehead atoms. The molecular weight excluding hydrogens is 230 g/mol. The molecule has 1 N–H and O–H groups in total. The molecule has 0 saturated heterocycles. The summed E-state index contributed by atoms with van der Waals surface area (Å²) in [6.45, 7) is 12.0. The van der Waals surface area contributed by atoms with Gasteiger partial charge in [0.1, 0.15) is 0 Å². The van der Waals surface area contributed by atoms with E-state index in [4.69, 9.17) is 0 Å². The molecule has 0 spiro atoms. The van der Waals surface area contributed by atoms with Crippen molar-refractivity contribution in [3.63, 3.8) is 0 Å². The topological polar surface area (TPSA) is 12.0 Å². The minimum absolute atomic E-state index is 0.514. The molecule has 0 aromatic carbocycles. The molecule has 0 radical (unpaired) electrons. The lowest BCUT2D eigenvalue weighted by atomic mass is 9.59. The van der Waals surface area contributed by atoms with E-state index in [1.165, 1.54) is 57.9 Å². The van der Waals surface area contributed by atoms with Crippen molar-refractivity contribution in [3.8, 4) is 0 Å². The van der Waals surface area contributed by atoms with Crippen LogP contribution in [0.5, 0.6) is 0 Å². The van der Waals surface area contributed by atoms with Crippen LogP contribution in [0.3, 0.4) is 0 Å².